The lowest BCUT2D eigenvalue weighted by Crippen LogP contribution is -2.31. The minimum atomic E-state index is -0.524. The Morgan fingerprint density at radius 3 is 2.53 bits per heavy atom. The highest BCUT2D eigenvalue weighted by Crippen LogP contribution is 2.39. The first-order valence-electron chi connectivity index (χ1n) is 12.3. The molecule has 4 aromatic rings. The van der Waals surface area contributed by atoms with Gasteiger partial charge < -0.3 is 20.1 Å². The number of hydrogen-bond acceptors (Lipinski definition) is 6. The molecule has 194 valence electrons. The summed E-state index contributed by atoms with van der Waals surface area (Å²) < 4.78 is 13.7. The van der Waals surface area contributed by atoms with Crippen molar-refractivity contribution in [3.8, 4) is 11.5 Å². The number of aromatic nitrogens is 3. The van der Waals surface area contributed by atoms with Crippen molar-refractivity contribution < 1.29 is 14.3 Å². The summed E-state index contributed by atoms with van der Waals surface area (Å²) in [5, 5.41) is 11.3. The van der Waals surface area contributed by atoms with Crippen LogP contribution in [0.4, 0.5) is 11.6 Å². The van der Waals surface area contributed by atoms with Crippen LogP contribution in [0.3, 0.4) is 0 Å². The Morgan fingerprint density at radius 1 is 1.03 bits per heavy atom. The van der Waals surface area contributed by atoms with Crippen LogP contribution in [0.25, 0.3) is 0 Å². The first-order valence-corrected chi connectivity index (χ1v) is 12.7. The van der Waals surface area contributed by atoms with E-state index in [4.69, 9.17) is 21.1 Å². The minimum absolute atomic E-state index is 0.231. The number of halogens is 1. The molecule has 1 aromatic heterocycles. The van der Waals surface area contributed by atoms with Crippen LogP contribution in [-0.4, -0.2) is 27.3 Å². The summed E-state index contributed by atoms with van der Waals surface area (Å²) >= 11 is 6.00. The number of benzene rings is 3. The maximum absolute atomic E-state index is 13.6. The van der Waals surface area contributed by atoms with Gasteiger partial charge in [0, 0.05) is 16.4 Å². The van der Waals surface area contributed by atoms with Crippen molar-refractivity contribution in [2.24, 2.45) is 0 Å². The van der Waals surface area contributed by atoms with E-state index >= 15 is 0 Å². The largest absolute Gasteiger partial charge is 0.490 e. The molecule has 9 heteroatoms. The molecule has 0 saturated carbocycles. The molecule has 0 fully saturated rings. The molecule has 1 aliphatic heterocycles. The van der Waals surface area contributed by atoms with Gasteiger partial charge in [0.25, 0.3) is 5.91 Å². The molecule has 38 heavy (non-hydrogen) atoms. The van der Waals surface area contributed by atoms with Gasteiger partial charge in [-0.3, -0.25) is 4.79 Å². The number of rotatable bonds is 8. The Labute approximate surface area is 226 Å². The predicted molar refractivity (Wildman–Crippen MR) is 148 cm³/mol. The number of ether oxygens (including phenoxy) is 2. The number of carbonyl (C=O) groups is 1. The highest BCUT2D eigenvalue weighted by Gasteiger charge is 2.34. The van der Waals surface area contributed by atoms with Crippen molar-refractivity contribution in [1.82, 2.24) is 14.8 Å². The highest BCUT2D eigenvalue weighted by atomic mass is 35.5. The number of aryl methyl sites for hydroxylation is 1. The number of anilines is 2. The average Bonchev–Trinajstić information content (AvgIpc) is 3.37. The second-order valence-corrected chi connectivity index (χ2v) is 9.41. The van der Waals surface area contributed by atoms with Gasteiger partial charge >= 0.3 is 0 Å². The summed E-state index contributed by atoms with van der Waals surface area (Å²) in [7, 11) is 0. The molecule has 1 amide bonds. The van der Waals surface area contributed by atoms with Crippen molar-refractivity contribution in [2.75, 3.05) is 17.2 Å². The topological polar surface area (TPSA) is 90.3 Å². The van der Waals surface area contributed by atoms with Crippen LogP contribution < -0.4 is 20.1 Å². The van der Waals surface area contributed by atoms with Crippen LogP contribution in [0, 0.1) is 6.92 Å². The first kappa shape index (κ1) is 25.4. The Hall–Kier alpha value is -4.30. The van der Waals surface area contributed by atoms with Crippen molar-refractivity contribution in [3.63, 3.8) is 0 Å². The fourth-order valence-electron chi connectivity index (χ4n) is 4.35. The molecule has 0 aliphatic carbocycles. The maximum Gasteiger partial charge on any atom is 0.255 e. The normalized spacial score (nSPS) is 14.5. The molecule has 2 N–H and O–H groups in total. The molecule has 3 aromatic carbocycles. The van der Waals surface area contributed by atoms with Crippen LogP contribution >= 0.6 is 11.6 Å². The Bertz CT molecular complexity index is 1480. The third-order valence-corrected chi connectivity index (χ3v) is 6.49. The van der Waals surface area contributed by atoms with E-state index in [1.54, 1.807) is 4.68 Å². The molecule has 0 spiro atoms. The molecular formula is C29H28ClN5O3. The van der Waals surface area contributed by atoms with Gasteiger partial charge in [0.2, 0.25) is 5.95 Å². The second kappa shape index (κ2) is 11.0. The quantitative estimate of drug-likeness (QED) is 0.285. The van der Waals surface area contributed by atoms with E-state index in [0.717, 1.165) is 16.7 Å². The lowest BCUT2D eigenvalue weighted by molar-refractivity contribution is -0.113. The SMILES string of the molecule is CCOc1cc(C2C(C(=O)Nc3ccc(C)cc3)=C(C)Nc3ncnn32)ccc1OCc1ccc(Cl)cc1. The zero-order valence-corrected chi connectivity index (χ0v) is 22.1. The standard InChI is InChI=1S/C29H28ClN5O3/c1-4-37-25-15-21(9-14-24(25)38-16-20-7-10-22(30)11-8-20)27-26(19(3)33-29-31-17-32-35(27)29)28(36)34-23-12-5-18(2)6-13-23/h5-15,17,27H,4,16H2,1-3H3,(H,34,36)(H,31,32,33). The fourth-order valence-corrected chi connectivity index (χ4v) is 4.48. The highest BCUT2D eigenvalue weighted by molar-refractivity contribution is 6.30. The second-order valence-electron chi connectivity index (χ2n) is 8.97. The molecule has 0 saturated heterocycles. The van der Waals surface area contributed by atoms with E-state index in [-0.39, 0.29) is 5.91 Å². The molecule has 2 heterocycles. The number of carbonyl (C=O) groups excluding carboxylic acids is 1. The lowest BCUT2D eigenvalue weighted by Gasteiger charge is -2.29. The molecule has 1 atom stereocenters. The number of amides is 1. The fraction of sp³-hybridized carbons (Fsp3) is 0.207. The van der Waals surface area contributed by atoms with Gasteiger partial charge in [0.15, 0.2) is 11.5 Å². The van der Waals surface area contributed by atoms with Crippen LogP contribution in [0.2, 0.25) is 5.02 Å². The summed E-state index contributed by atoms with van der Waals surface area (Å²) in [6.45, 7) is 6.60. The lowest BCUT2D eigenvalue weighted by atomic mass is 9.94. The van der Waals surface area contributed by atoms with Crippen LogP contribution in [-0.2, 0) is 11.4 Å². The van der Waals surface area contributed by atoms with Crippen molar-refractivity contribution >= 4 is 29.1 Å². The Morgan fingerprint density at radius 2 is 1.79 bits per heavy atom. The monoisotopic (exact) mass is 529 g/mol. The van der Waals surface area contributed by atoms with Crippen molar-refractivity contribution in [2.45, 2.75) is 33.4 Å². The number of nitrogens with zero attached hydrogens (tertiary/aromatic N) is 3. The van der Waals surface area contributed by atoms with Gasteiger partial charge in [0.1, 0.15) is 19.0 Å². The van der Waals surface area contributed by atoms with Gasteiger partial charge in [-0.2, -0.15) is 10.1 Å². The summed E-state index contributed by atoms with van der Waals surface area (Å²) in [5.41, 5.74) is 4.85. The van der Waals surface area contributed by atoms with Gasteiger partial charge in [-0.05, 0) is 68.3 Å². The van der Waals surface area contributed by atoms with E-state index in [2.05, 4.69) is 20.7 Å². The van der Waals surface area contributed by atoms with Gasteiger partial charge in [-0.25, -0.2) is 4.68 Å². The molecule has 1 aliphatic rings. The number of hydrogen-bond donors (Lipinski definition) is 2. The van der Waals surface area contributed by atoms with E-state index < -0.39 is 6.04 Å². The Kier molecular flexibility index (Phi) is 7.33. The summed E-state index contributed by atoms with van der Waals surface area (Å²) in [6.07, 6.45) is 1.47. The average molecular weight is 530 g/mol. The summed E-state index contributed by atoms with van der Waals surface area (Å²) in [5.74, 6) is 1.51. The molecule has 0 bridgehead atoms. The van der Waals surface area contributed by atoms with Gasteiger partial charge in [-0.15, -0.1) is 0 Å². The van der Waals surface area contributed by atoms with Crippen molar-refractivity contribution in [1.29, 1.82) is 0 Å². The van der Waals surface area contributed by atoms with Gasteiger partial charge in [-0.1, -0.05) is 47.5 Å². The van der Waals surface area contributed by atoms with Crippen LogP contribution in [0.1, 0.15) is 36.6 Å². The molecule has 1 unspecified atom stereocenters. The van der Waals surface area contributed by atoms with Crippen molar-refractivity contribution in [3.05, 3.63) is 106 Å². The number of fused-ring (bicyclic) bond motifs is 1. The maximum atomic E-state index is 13.6. The van der Waals surface area contributed by atoms with E-state index in [0.29, 0.717) is 52.6 Å². The zero-order chi connectivity index (χ0) is 26.6. The zero-order valence-electron chi connectivity index (χ0n) is 21.4. The number of nitrogens with one attached hydrogen (secondary N) is 2. The third kappa shape index (κ3) is 5.35. The summed E-state index contributed by atoms with van der Waals surface area (Å²) in [4.78, 5) is 17.9. The molecule has 0 radical (unpaired) electrons. The van der Waals surface area contributed by atoms with Gasteiger partial charge in [0.05, 0.1) is 12.2 Å². The third-order valence-electron chi connectivity index (χ3n) is 6.24. The van der Waals surface area contributed by atoms with Crippen LogP contribution in [0.15, 0.2) is 84.3 Å². The Balaban J connectivity index is 1.48. The minimum Gasteiger partial charge on any atom is -0.490 e. The summed E-state index contributed by atoms with van der Waals surface area (Å²) in [6, 6.07) is 20.3. The van der Waals surface area contributed by atoms with E-state index in [1.165, 1.54) is 6.33 Å². The van der Waals surface area contributed by atoms with E-state index in [1.807, 2.05) is 87.5 Å². The van der Waals surface area contributed by atoms with Crippen LogP contribution in [0.5, 0.6) is 11.5 Å². The molecule has 5 rings (SSSR count). The number of allylic oxidation sites excluding steroid dienone is 1. The molecular weight excluding hydrogens is 502 g/mol. The molecule has 8 nitrogen and oxygen atoms in total. The predicted octanol–water partition coefficient (Wildman–Crippen LogP) is 6.15. The van der Waals surface area contributed by atoms with E-state index in [9.17, 15) is 4.79 Å². The smallest absolute Gasteiger partial charge is 0.255 e. The first-order chi connectivity index (χ1) is 18.4.